The van der Waals surface area contributed by atoms with Gasteiger partial charge in [0, 0.05) is 10.9 Å². The van der Waals surface area contributed by atoms with E-state index in [1.165, 1.54) is 11.3 Å². The van der Waals surface area contributed by atoms with Gasteiger partial charge in [-0.2, -0.15) is 4.98 Å². The molecule has 0 fully saturated rings. The van der Waals surface area contributed by atoms with Crippen LogP contribution in [0.3, 0.4) is 0 Å². The van der Waals surface area contributed by atoms with Gasteiger partial charge in [-0.15, -0.1) is 16.4 Å². The zero-order valence-electron chi connectivity index (χ0n) is 15.4. The van der Waals surface area contributed by atoms with Gasteiger partial charge in [0.25, 0.3) is 0 Å². The second kappa shape index (κ2) is 7.69. The number of fused-ring (bicyclic) bond motifs is 1. The van der Waals surface area contributed by atoms with E-state index in [1.54, 1.807) is 18.7 Å². The summed E-state index contributed by atoms with van der Waals surface area (Å²) in [6.07, 6.45) is 0.232. The number of hydrogen-bond acceptors (Lipinski definition) is 6. The lowest BCUT2D eigenvalue weighted by Gasteiger charge is -2.06. The van der Waals surface area contributed by atoms with Crippen LogP contribution in [0.4, 0.5) is 5.95 Å². The molecule has 4 rings (SSSR count). The average Bonchev–Trinajstić information content (AvgIpc) is 3.28. The highest BCUT2D eigenvalue weighted by molar-refractivity contribution is 7.15. The summed E-state index contributed by atoms with van der Waals surface area (Å²) in [5.41, 5.74) is 2.66. The molecular formula is C20H18N4O3S. The zero-order chi connectivity index (χ0) is 19.5. The topological polar surface area (TPSA) is 77.8 Å². The fraction of sp³-hybridized carbons (Fsp3) is 0.150. The van der Waals surface area contributed by atoms with Crippen molar-refractivity contribution in [3.63, 3.8) is 0 Å². The van der Waals surface area contributed by atoms with E-state index in [1.807, 2.05) is 53.9 Å². The second-order valence-corrected chi connectivity index (χ2v) is 6.86. The van der Waals surface area contributed by atoms with Crippen LogP contribution in [0.2, 0.25) is 0 Å². The summed E-state index contributed by atoms with van der Waals surface area (Å²) in [6, 6.07) is 15.1. The summed E-state index contributed by atoms with van der Waals surface area (Å²) in [5, 5.41) is 9.17. The molecule has 0 saturated heterocycles. The van der Waals surface area contributed by atoms with Crippen LogP contribution in [0.5, 0.6) is 11.5 Å². The first-order chi connectivity index (χ1) is 13.7. The molecule has 0 atom stereocenters. The molecule has 28 heavy (non-hydrogen) atoms. The Bertz CT molecular complexity index is 1120. The summed E-state index contributed by atoms with van der Waals surface area (Å²) in [7, 11) is 3.24. The van der Waals surface area contributed by atoms with E-state index < -0.39 is 0 Å². The first kappa shape index (κ1) is 18.0. The number of anilines is 1. The van der Waals surface area contributed by atoms with Gasteiger partial charge in [-0.25, -0.2) is 4.52 Å². The van der Waals surface area contributed by atoms with Gasteiger partial charge in [0.1, 0.15) is 11.5 Å². The van der Waals surface area contributed by atoms with Gasteiger partial charge in [0.05, 0.1) is 26.3 Å². The average molecular weight is 394 g/mol. The first-order valence-corrected chi connectivity index (χ1v) is 9.46. The molecule has 142 valence electrons. The van der Waals surface area contributed by atoms with Crippen molar-refractivity contribution in [3.05, 3.63) is 59.5 Å². The highest BCUT2D eigenvalue weighted by Gasteiger charge is 2.16. The Morgan fingerprint density at radius 3 is 2.64 bits per heavy atom. The molecule has 0 spiro atoms. The van der Waals surface area contributed by atoms with Crippen LogP contribution in [0.15, 0.2) is 53.9 Å². The van der Waals surface area contributed by atoms with Crippen molar-refractivity contribution in [3.8, 4) is 22.8 Å². The lowest BCUT2D eigenvalue weighted by atomic mass is 10.1. The molecule has 8 heteroatoms. The minimum atomic E-state index is -0.178. The number of hydrogen-bond donors (Lipinski definition) is 1. The summed E-state index contributed by atoms with van der Waals surface area (Å²) in [5.74, 6) is 1.61. The third kappa shape index (κ3) is 3.54. The molecule has 0 aliphatic carbocycles. The third-order valence-corrected chi connectivity index (χ3v) is 5.06. The van der Waals surface area contributed by atoms with E-state index in [9.17, 15) is 4.79 Å². The van der Waals surface area contributed by atoms with Crippen LogP contribution in [-0.4, -0.2) is 34.7 Å². The van der Waals surface area contributed by atoms with E-state index in [-0.39, 0.29) is 18.3 Å². The van der Waals surface area contributed by atoms with Crippen molar-refractivity contribution in [1.82, 2.24) is 14.6 Å². The molecule has 0 radical (unpaired) electrons. The van der Waals surface area contributed by atoms with Gasteiger partial charge in [-0.1, -0.05) is 24.3 Å². The molecule has 0 bridgehead atoms. The fourth-order valence-electron chi connectivity index (χ4n) is 2.87. The highest BCUT2D eigenvalue weighted by Crippen LogP contribution is 2.32. The number of thiazole rings is 1. The third-order valence-electron chi connectivity index (χ3n) is 4.24. The van der Waals surface area contributed by atoms with E-state index in [2.05, 4.69) is 15.4 Å². The number of benzene rings is 2. The molecule has 0 unspecified atom stereocenters. The van der Waals surface area contributed by atoms with Crippen LogP contribution in [0.1, 0.15) is 5.56 Å². The summed E-state index contributed by atoms with van der Waals surface area (Å²) >= 11 is 1.45. The first-order valence-electron chi connectivity index (χ1n) is 8.58. The van der Waals surface area contributed by atoms with Crippen molar-refractivity contribution in [2.45, 2.75) is 6.42 Å². The number of para-hydroxylation sites is 1. The van der Waals surface area contributed by atoms with Gasteiger partial charge < -0.3 is 9.47 Å². The Kier molecular flexibility index (Phi) is 4.94. The van der Waals surface area contributed by atoms with Gasteiger partial charge in [0.15, 0.2) is 0 Å². The fourth-order valence-corrected chi connectivity index (χ4v) is 3.70. The van der Waals surface area contributed by atoms with Crippen LogP contribution < -0.4 is 14.8 Å². The van der Waals surface area contributed by atoms with Crippen molar-refractivity contribution in [1.29, 1.82) is 0 Å². The molecule has 0 aliphatic rings. The number of aromatic nitrogens is 3. The van der Waals surface area contributed by atoms with Crippen molar-refractivity contribution in [2.75, 3.05) is 19.5 Å². The van der Waals surface area contributed by atoms with Crippen molar-refractivity contribution in [2.24, 2.45) is 0 Å². The van der Waals surface area contributed by atoms with Gasteiger partial charge in [0.2, 0.25) is 16.8 Å². The number of ether oxygens (including phenoxy) is 2. The van der Waals surface area contributed by atoms with E-state index in [0.29, 0.717) is 4.96 Å². The molecule has 2 heterocycles. The van der Waals surface area contributed by atoms with Crippen LogP contribution >= 0.6 is 11.3 Å². The predicted octanol–water partition coefficient (Wildman–Crippen LogP) is 3.66. The number of nitrogens with one attached hydrogen (secondary N) is 1. The Hall–Kier alpha value is -3.39. The van der Waals surface area contributed by atoms with Crippen molar-refractivity contribution >= 4 is 28.2 Å². The molecule has 2 aromatic heterocycles. The van der Waals surface area contributed by atoms with E-state index >= 15 is 0 Å². The lowest BCUT2D eigenvalue weighted by Crippen LogP contribution is -2.15. The smallest absolute Gasteiger partial charge is 0.250 e. The SMILES string of the molecule is COc1ccc(CC(=O)Nc2nc3scc(-c4ccccc4OC)n3n2)cc1. The maximum absolute atomic E-state index is 12.3. The maximum atomic E-state index is 12.3. The second-order valence-electron chi connectivity index (χ2n) is 6.02. The van der Waals surface area contributed by atoms with Crippen LogP contribution in [0.25, 0.3) is 16.2 Å². The summed E-state index contributed by atoms with van der Waals surface area (Å²) in [4.78, 5) is 17.4. The number of methoxy groups -OCH3 is 2. The molecule has 0 saturated carbocycles. The maximum Gasteiger partial charge on any atom is 0.250 e. The molecule has 1 amide bonds. The van der Waals surface area contributed by atoms with E-state index in [4.69, 9.17) is 9.47 Å². The Morgan fingerprint density at radius 1 is 1.11 bits per heavy atom. The van der Waals surface area contributed by atoms with Gasteiger partial charge >= 0.3 is 0 Å². The quantitative estimate of drug-likeness (QED) is 0.540. The normalized spacial score (nSPS) is 10.8. The minimum Gasteiger partial charge on any atom is -0.497 e. The predicted molar refractivity (Wildman–Crippen MR) is 108 cm³/mol. The minimum absolute atomic E-state index is 0.178. The number of carbonyl (C=O) groups excluding carboxylic acids is 1. The molecule has 4 aromatic rings. The molecule has 0 aliphatic heterocycles. The standard InChI is InChI=1S/C20H18N4O3S/c1-26-14-9-7-13(8-10-14)11-18(25)21-19-22-20-24(23-19)16(12-28-20)15-5-3-4-6-17(15)27-2/h3-10,12H,11H2,1-2H3,(H,21,23,25). The van der Waals surface area contributed by atoms with E-state index in [0.717, 1.165) is 28.3 Å². The molecular weight excluding hydrogens is 376 g/mol. The zero-order valence-corrected chi connectivity index (χ0v) is 16.2. The largest absolute Gasteiger partial charge is 0.497 e. The molecule has 1 N–H and O–H groups in total. The molecule has 2 aromatic carbocycles. The Balaban J connectivity index is 1.53. The van der Waals surface area contributed by atoms with Gasteiger partial charge in [-0.3, -0.25) is 10.1 Å². The Morgan fingerprint density at radius 2 is 1.89 bits per heavy atom. The molecule has 7 nitrogen and oxygen atoms in total. The monoisotopic (exact) mass is 394 g/mol. The lowest BCUT2D eigenvalue weighted by molar-refractivity contribution is -0.115. The Labute approximate surface area is 165 Å². The van der Waals surface area contributed by atoms with Gasteiger partial charge in [-0.05, 0) is 29.8 Å². The number of amides is 1. The summed E-state index contributed by atoms with van der Waals surface area (Å²) in [6.45, 7) is 0. The van der Waals surface area contributed by atoms with Crippen LogP contribution in [-0.2, 0) is 11.2 Å². The highest BCUT2D eigenvalue weighted by atomic mass is 32.1. The number of carbonyl (C=O) groups is 1. The van der Waals surface area contributed by atoms with Crippen molar-refractivity contribution < 1.29 is 14.3 Å². The number of rotatable bonds is 6. The van der Waals surface area contributed by atoms with Crippen LogP contribution in [0, 0.1) is 0 Å². The summed E-state index contributed by atoms with van der Waals surface area (Å²) < 4.78 is 12.3. The number of nitrogens with zero attached hydrogens (tertiary/aromatic N) is 3.